The van der Waals surface area contributed by atoms with Crippen LogP contribution in [0.5, 0.6) is 0 Å². The van der Waals surface area contributed by atoms with Crippen LogP contribution in [-0.2, 0) is 6.42 Å². The Kier molecular flexibility index (Phi) is 6.37. The second kappa shape index (κ2) is 7.55. The molecule has 0 aromatic heterocycles. The van der Waals surface area contributed by atoms with E-state index in [2.05, 4.69) is 45.1 Å². The molecular formula is C16H28N2. The number of hydrogen-bond donors (Lipinski definition) is 2. The molecule has 1 rings (SSSR count). The Morgan fingerprint density at radius 3 is 2.28 bits per heavy atom. The fourth-order valence-corrected chi connectivity index (χ4v) is 2.49. The van der Waals surface area contributed by atoms with Gasteiger partial charge in [-0.3, -0.25) is 0 Å². The highest BCUT2D eigenvalue weighted by atomic mass is 14.8. The minimum absolute atomic E-state index is 0.327. The van der Waals surface area contributed by atoms with Crippen molar-refractivity contribution in [1.29, 1.82) is 0 Å². The molecule has 0 aliphatic carbocycles. The van der Waals surface area contributed by atoms with E-state index in [1.165, 1.54) is 28.7 Å². The lowest BCUT2D eigenvalue weighted by Gasteiger charge is -2.12. The van der Waals surface area contributed by atoms with Crippen molar-refractivity contribution >= 4 is 0 Å². The Morgan fingerprint density at radius 2 is 1.72 bits per heavy atom. The van der Waals surface area contributed by atoms with Crippen LogP contribution < -0.4 is 11.1 Å². The SMILES string of the molecule is Cc1cc(C)c(CCNCCCC(C)N)c(C)c1. The second-order valence-electron chi connectivity index (χ2n) is 5.50. The van der Waals surface area contributed by atoms with E-state index >= 15 is 0 Å². The molecule has 0 aliphatic rings. The average molecular weight is 248 g/mol. The number of rotatable bonds is 7. The number of nitrogens with two attached hydrogens (primary N) is 1. The third kappa shape index (κ3) is 5.19. The third-order valence-electron chi connectivity index (χ3n) is 3.41. The summed E-state index contributed by atoms with van der Waals surface area (Å²) in [7, 11) is 0. The first kappa shape index (κ1) is 15.2. The van der Waals surface area contributed by atoms with Gasteiger partial charge in [-0.25, -0.2) is 0 Å². The van der Waals surface area contributed by atoms with Crippen molar-refractivity contribution in [3.8, 4) is 0 Å². The lowest BCUT2D eigenvalue weighted by Crippen LogP contribution is -2.22. The van der Waals surface area contributed by atoms with Gasteiger partial charge in [-0.15, -0.1) is 0 Å². The van der Waals surface area contributed by atoms with Gasteiger partial charge in [0, 0.05) is 6.04 Å². The molecule has 0 saturated heterocycles. The molecule has 3 N–H and O–H groups in total. The Hall–Kier alpha value is -0.860. The van der Waals surface area contributed by atoms with E-state index < -0.39 is 0 Å². The summed E-state index contributed by atoms with van der Waals surface area (Å²) in [5.41, 5.74) is 11.4. The maximum atomic E-state index is 5.72. The van der Waals surface area contributed by atoms with Crippen molar-refractivity contribution in [2.45, 2.75) is 53.0 Å². The van der Waals surface area contributed by atoms with Crippen molar-refractivity contribution in [3.63, 3.8) is 0 Å². The summed E-state index contributed by atoms with van der Waals surface area (Å²) in [5.74, 6) is 0. The average Bonchev–Trinajstić information content (AvgIpc) is 2.25. The second-order valence-corrected chi connectivity index (χ2v) is 5.50. The molecule has 0 radical (unpaired) electrons. The molecule has 18 heavy (non-hydrogen) atoms. The van der Waals surface area contributed by atoms with Crippen LogP contribution >= 0.6 is 0 Å². The van der Waals surface area contributed by atoms with Gasteiger partial charge in [0.1, 0.15) is 0 Å². The van der Waals surface area contributed by atoms with Crippen LogP contribution in [0.1, 0.15) is 42.0 Å². The van der Waals surface area contributed by atoms with Gasteiger partial charge in [0.2, 0.25) is 0 Å². The van der Waals surface area contributed by atoms with E-state index in [4.69, 9.17) is 5.73 Å². The standard InChI is InChI=1S/C16H28N2/c1-12-10-13(2)16(14(3)11-12)7-9-18-8-5-6-15(4)17/h10-11,15,18H,5-9,17H2,1-4H3. The topological polar surface area (TPSA) is 38.0 Å². The monoisotopic (exact) mass is 248 g/mol. The predicted octanol–water partition coefficient (Wildman–Crippen LogP) is 2.87. The van der Waals surface area contributed by atoms with E-state index in [0.717, 1.165) is 25.9 Å². The van der Waals surface area contributed by atoms with Gasteiger partial charge in [-0.2, -0.15) is 0 Å². The van der Waals surface area contributed by atoms with Crippen LogP contribution in [0.15, 0.2) is 12.1 Å². The molecule has 1 aromatic rings. The molecule has 0 spiro atoms. The Labute approximate surface area is 112 Å². The molecule has 0 fully saturated rings. The maximum absolute atomic E-state index is 5.72. The molecule has 0 heterocycles. The summed E-state index contributed by atoms with van der Waals surface area (Å²) in [5, 5.41) is 3.50. The van der Waals surface area contributed by atoms with Gasteiger partial charge in [0.25, 0.3) is 0 Å². The van der Waals surface area contributed by atoms with E-state index in [-0.39, 0.29) is 0 Å². The lowest BCUT2D eigenvalue weighted by molar-refractivity contribution is 0.575. The number of nitrogens with one attached hydrogen (secondary N) is 1. The molecule has 2 heteroatoms. The largest absolute Gasteiger partial charge is 0.328 e. The van der Waals surface area contributed by atoms with E-state index in [1.807, 2.05) is 0 Å². The molecule has 102 valence electrons. The van der Waals surface area contributed by atoms with E-state index in [0.29, 0.717) is 6.04 Å². The number of benzene rings is 1. The van der Waals surface area contributed by atoms with Crippen LogP contribution in [0.25, 0.3) is 0 Å². The normalized spacial score (nSPS) is 12.7. The smallest absolute Gasteiger partial charge is 0.00109 e. The molecule has 0 bridgehead atoms. The molecule has 1 unspecified atom stereocenters. The Bertz CT molecular complexity index is 346. The van der Waals surface area contributed by atoms with Crippen molar-refractivity contribution in [3.05, 3.63) is 34.4 Å². The predicted molar refractivity (Wildman–Crippen MR) is 80.1 cm³/mol. The molecular weight excluding hydrogens is 220 g/mol. The third-order valence-corrected chi connectivity index (χ3v) is 3.41. The molecule has 2 nitrogen and oxygen atoms in total. The van der Waals surface area contributed by atoms with Crippen LogP contribution in [0.4, 0.5) is 0 Å². The molecule has 0 saturated carbocycles. The number of hydrogen-bond acceptors (Lipinski definition) is 2. The highest BCUT2D eigenvalue weighted by molar-refractivity contribution is 5.37. The van der Waals surface area contributed by atoms with Crippen LogP contribution in [0.2, 0.25) is 0 Å². The molecule has 0 amide bonds. The molecule has 1 atom stereocenters. The zero-order valence-corrected chi connectivity index (χ0v) is 12.3. The first-order valence-electron chi connectivity index (χ1n) is 7.03. The highest BCUT2D eigenvalue weighted by Crippen LogP contribution is 2.16. The summed E-state index contributed by atoms with van der Waals surface area (Å²) in [4.78, 5) is 0. The van der Waals surface area contributed by atoms with Crippen molar-refractivity contribution in [2.75, 3.05) is 13.1 Å². The summed E-state index contributed by atoms with van der Waals surface area (Å²) in [6.45, 7) is 10.8. The van der Waals surface area contributed by atoms with Crippen molar-refractivity contribution in [1.82, 2.24) is 5.32 Å². The Morgan fingerprint density at radius 1 is 1.11 bits per heavy atom. The summed E-state index contributed by atoms with van der Waals surface area (Å²) in [6.07, 6.45) is 3.40. The Balaban J connectivity index is 2.31. The summed E-state index contributed by atoms with van der Waals surface area (Å²) >= 11 is 0. The van der Waals surface area contributed by atoms with Gasteiger partial charge in [-0.1, -0.05) is 17.7 Å². The number of aryl methyl sites for hydroxylation is 3. The first-order chi connectivity index (χ1) is 8.50. The summed E-state index contributed by atoms with van der Waals surface area (Å²) in [6, 6.07) is 4.88. The van der Waals surface area contributed by atoms with Crippen molar-refractivity contribution in [2.24, 2.45) is 5.73 Å². The van der Waals surface area contributed by atoms with Gasteiger partial charge < -0.3 is 11.1 Å². The first-order valence-corrected chi connectivity index (χ1v) is 7.03. The zero-order chi connectivity index (χ0) is 13.5. The van der Waals surface area contributed by atoms with Crippen LogP contribution in [0.3, 0.4) is 0 Å². The van der Waals surface area contributed by atoms with Crippen LogP contribution in [0, 0.1) is 20.8 Å². The minimum Gasteiger partial charge on any atom is -0.328 e. The highest BCUT2D eigenvalue weighted by Gasteiger charge is 2.03. The maximum Gasteiger partial charge on any atom is 0.00109 e. The lowest BCUT2D eigenvalue weighted by atomic mass is 9.97. The van der Waals surface area contributed by atoms with E-state index in [9.17, 15) is 0 Å². The van der Waals surface area contributed by atoms with Gasteiger partial charge in [0.05, 0.1) is 0 Å². The molecule has 1 aromatic carbocycles. The fraction of sp³-hybridized carbons (Fsp3) is 0.625. The van der Waals surface area contributed by atoms with Gasteiger partial charge in [-0.05, 0) is 76.7 Å². The van der Waals surface area contributed by atoms with E-state index in [1.54, 1.807) is 0 Å². The van der Waals surface area contributed by atoms with Gasteiger partial charge in [0.15, 0.2) is 0 Å². The summed E-state index contributed by atoms with van der Waals surface area (Å²) < 4.78 is 0. The van der Waals surface area contributed by atoms with Crippen LogP contribution in [-0.4, -0.2) is 19.1 Å². The zero-order valence-electron chi connectivity index (χ0n) is 12.3. The van der Waals surface area contributed by atoms with Crippen molar-refractivity contribution < 1.29 is 0 Å². The minimum atomic E-state index is 0.327. The quantitative estimate of drug-likeness (QED) is 0.728. The van der Waals surface area contributed by atoms with Gasteiger partial charge >= 0.3 is 0 Å². The molecule has 0 aliphatic heterocycles. The fourth-order valence-electron chi connectivity index (χ4n) is 2.49.